The minimum atomic E-state index is -0.964. The van der Waals surface area contributed by atoms with Gasteiger partial charge in [0.2, 0.25) is 0 Å². The highest BCUT2D eigenvalue weighted by Gasteiger charge is 2.07. The maximum absolute atomic E-state index is 12.5. The first kappa shape index (κ1) is 7.78. The molecule has 0 fully saturated rings. The first-order valence-electron chi connectivity index (χ1n) is 3.01. The molecule has 0 heterocycles. The van der Waals surface area contributed by atoms with Gasteiger partial charge in [0, 0.05) is 24.9 Å². The molecule has 60 valence electrons. The summed E-state index contributed by atoms with van der Waals surface area (Å²) in [7, 11) is 1.53. The van der Waals surface area contributed by atoms with Gasteiger partial charge < -0.3 is 10.4 Å². The number of phenolic OH excluding ortho intramolecular Hbond substituents is 1. The van der Waals surface area contributed by atoms with E-state index >= 15 is 0 Å². The second-order valence-corrected chi connectivity index (χ2v) is 2.04. The van der Waals surface area contributed by atoms with Crippen molar-refractivity contribution in [2.45, 2.75) is 0 Å². The molecule has 0 radical (unpaired) electrons. The van der Waals surface area contributed by atoms with Crippen LogP contribution in [-0.2, 0) is 0 Å². The van der Waals surface area contributed by atoms with Crippen LogP contribution >= 0.6 is 0 Å². The largest absolute Gasteiger partial charge is 0.503 e. The molecule has 1 aromatic rings. The minimum Gasteiger partial charge on any atom is -0.503 e. The third kappa shape index (κ3) is 1.39. The number of aromatic hydroxyl groups is 1. The number of hydrogen-bond donors (Lipinski definition) is 2. The molecule has 0 atom stereocenters. The van der Waals surface area contributed by atoms with E-state index in [0.717, 1.165) is 12.1 Å². The predicted molar refractivity (Wildman–Crippen MR) is 37.6 cm³/mol. The van der Waals surface area contributed by atoms with Gasteiger partial charge in [-0.05, 0) is 0 Å². The van der Waals surface area contributed by atoms with E-state index in [1.54, 1.807) is 0 Å². The van der Waals surface area contributed by atoms with Gasteiger partial charge in [-0.2, -0.15) is 0 Å². The Bertz CT molecular complexity index is 252. The van der Waals surface area contributed by atoms with Crippen molar-refractivity contribution in [2.24, 2.45) is 0 Å². The molecule has 0 aromatic heterocycles. The molecule has 0 aliphatic carbocycles. The topological polar surface area (TPSA) is 32.3 Å². The molecule has 2 nitrogen and oxygen atoms in total. The molecule has 0 saturated carbocycles. The molecular formula is C7H7F2NO. The lowest BCUT2D eigenvalue weighted by Crippen LogP contribution is -1.91. The van der Waals surface area contributed by atoms with Gasteiger partial charge in [0.1, 0.15) is 0 Å². The van der Waals surface area contributed by atoms with E-state index < -0.39 is 17.4 Å². The van der Waals surface area contributed by atoms with Crippen LogP contribution in [0.2, 0.25) is 0 Å². The van der Waals surface area contributed by atoms with Gasteiger partial charge in [0.15, 0.2) is 17.4 Å². The normalized spacial score (nSPS) is 9.73. The Balaban J connectivity index is 3.21. The van der Waals surface area contributed by atoms with Gasteiger partial charge in [0.05, 0.1) is 0 Å². The van der Waals surface area contributed by atoms with Crippen LogP contribution in [0, 0.1) is 11.6 Å². The number of phenols is 1. The van der Waals surface area contributed by atoms with E-state index in [-0.39, 0.29) is 5.69 Å². The van der Waals surface area contributed by atoms with Gasteiger partial charge in [-0.1, -0.05) is 0 Å². The van der Waals surface area contributed by atoms with Crippen molar-refractivity contribution in [1.82, 2.24) is 0 Å². The van der Waals surface area contributed by atoms with Crippen LogP contribution < -0.4 is 5.32 Å². The van der Waals surface area contributed by atoms with Crippen LogP contribution in [-0.4, -0.2) is 12.2 Å². The highest BCUT2D eigenvalue weighted by Crippen LogP contribution is 2.23. The summed E-state index contributed by atoms with van der Waals surface area (Å²) in [5, 5.41) is 11.2. The van der Waals surface area contributed by atoms with Gasteiger partial charge in [0.25, 0.3) is 0 Å². The summed E-state index contributed by atoms with van der Waals surface area (Å²) in [6.07, 6.45) is 0. The molecule has 0 bridgehead atoms. The van der Waals surface area contributed by atoms with E-state index in [4.69, 9.17) is 5.11 Å². The first-order chi connectivity index (χ1) is 5.15. The molecule has 0 aliphatic rings. The highest BCUT2D eigenvalue weighted by atomic mass is 19.1. The van der Waals surface area contributed by atoms with Crippen LogP contribution in [0.5, 0.6) is 5.75 Å². The third-order valence-corrected chi connectivity index (χ3v) is 1.31. The fraction of sp³-hybridized carbons (Fsp3) is 0.143. The fourth-order valence-corrected chi connectivity index (χ4v) is 0.710. The summed E-state index contributed by atoms with van der Waals surface area (Å²) in [5.74, 6) is -2.87. The van der Waals surface area contributed by atoms with E-state index in [1.165, 1.54) is 7.05 Å². The van der Waals surface area contributed by atoms with Crippen LogP contribution in [0.3, 0.4) is 0 Å². The molecule has 2 N–H and O–H groups in total. The number of halogens is 2. The number of hydrogen-bond acceptors (Lipinski definition) is 2. The Morgan fingerprint density at radius 1 is 1.27 bits per heavy atom. The molecule has 4 heteroatoms. The molecule has 1 aromatic carbocycles. The zero-order chi connectivity index (χ0) is 8.43. The summed E-state index contributed by atoms with van der Waals surface area (Å²) < 4.78 is 25.0. The van der Waals surface area contributed by atoms with Crippen molar-refractivity contribution in [1.29, 1.82) is 0 Å². The highest BCUT2D eigenvalue weighted by molar-refractivity contribution is 5.47. The van der Waals surface area contributed by atoms with Crippen molar-refractivity contribution in [3.8, 4) is 5.75 Å². The average Bonchev–Trinajstić information content (AvgIpc) is 1.99. The summed E-state index contributed by atoms with van der Waals surface area (Å²) in [5.41, 5.74) is 0.290. The Hall–Kier alpha value is -1.32. The van der Waals surface area contributed by atoms with Crippen LogP contribution in [0.1, 0.15) is 0 Å². The molecule has 0 spiro atoms. The fourth-order valence-electron chi connectivity index (χ4n) is 0.710. The van der Waals surface area contributed by atoms with Gasteiger partial charge in [-0.15, -0.1) is 0 Å². The van der Waals surface area contributed by atoms with E-state index in [2.05, 4.69) is 5.32 Å². The Labute approximate surface area is 62.5 Å². The van der Waals surface area contributed by atoms with Gasteiger partial charge >= 0.3 is 0 Å². The van der Waals surface area contributed by atoms with Crippen molar-refractivity contribution < 1.29 is 13.9 Å². The molecular weight excluding hydrogens is 152 g/mol. The van der Waals surface area contributed by atoms with Crippen molar-refractivity contribution in [3.05, 3.63) is 23.8 Å². The summed E-state index contributed by atoms with van der Waals surface area (Å²) >= 11 is 0. The Morgan fingerprint density at radius 3 is 2.09 bits per heavy atom. The smallest absolute Gasteiger partial charge is 0.187 e. The van der Waals surface area contributed by atoms with Crippen molar-refractivity contribution in [2.75, 3.05) is 12.4 Å². The number of nitrogens with one attached hydrogen (secondary N) is 1. The van der Waals surface area contributed by atoms with Crippen LogP contribution in [0.25, 0.3) is 0 Å². The van der Waals surface area contributed by atoms with Gasteiger partial charge in [-0.25, -0.2) is 8.78 Å². The van der Waals surface area contributed by atoms with Crippen LogP contribution in [0.4, 0.5) is 14.5 Å². The van der Waals surface area contributed by atoms with E-state index in [9.17, 15) is 8.78 Å². The summed E-state index contributed by atoms with van der Waals surface area (Å²) in [4.78, 5) is 0. The summed E-state index contributed by atoms with van der Waals surface area (Å²) in [6.45, 7) is 0. The maximum atomic E-state index is 12.5. The molecule has 0 aliphatic heterocycles. The van der Waals surface area contributed by atoms with E-state index in [1.807, 2.05) is 0 Å². The summed E-state index contributed by atoms with van der Waals surface area (Å²) in [6, 6.07) is 2.02. The molecule has 0 unspecified atom stereocenters. The van der Waals surface area contributed by atoms with Crippen LogP contribution in [0.15, 0.2) is 12.1 Å². The first-order valence-corrected chi connectivity index (χ1v) is 3.01. The van der Waals surface area contributed by atoms with E-state index in [0.29, 0.717) is 0 Å². The second-order valence-electron chi connectivity index (χ2n) is 2.04. The molecule has 0 amide bonds. The molecule has 1 rings (SSSR count). The number of rotatable bonds is 1. The lowest BCUT2D eigenvalue weighted by molar-refractivity contribution is 0.396. The Morgan fingerprint density at radius 2 is 1.73 bits per heavy atom. The SMILES string of the molecule is CNc1cc(F)c(O)c(F)c1. The average molecular weight is 159 g/mol. The lowest BCUT2D eigenvalue weighted by Gasteiger charge is -2.01. The van der Waals surface area contributed by atoms with Gasteiger partial charge in [-0.3, -0.25) is 0 Å². The standard InChI is InChI=1S/C7H7F2NO/c1-10-4-2-5(8)7(11)6(9)3-4/h2-3,10-11H,1H3. The molecule has 11 heavy (non-hydrogen) atoms. The quantitative estimate of drug-likeness (QED) is 0.611. The number of benzene rings is 1. The molecule has 0 saturated heterocycles. The maximum Gasteiger partial charge on any atom is 0.187 e. The van der Waals surface area contributed by atoms with Crippen molar-refractivity contribution in [3.63, 3.8) is 0 Å². The Kier molecular flexibility index (Phi) is 1.94. The minimum absolute atomic E-state index is 0.290. The zero-order valence-electron chi connectivity index (χ0n) is 5.86. The monoisotopic (exact) mass is 159 g/mol. The third-order valence-electron chi connectivity index (χ3n) is 1.31. The second kappa shape index (κ2) is 2.74. The zero-order valence-corrected chi connectivity index (χ0v) is 5.86. The van der Waals surface area contributed by atoms with Crippen molar-refractivity contribution >= 4 is 5.69 Å². The lowest BCUT2D eigenvalue weighted by atomic mass is 10.3. The number of anilines is 1. The predicted octanol–water partition coefficient (Wildman–Crippen LogP) is 1.71.